The quantitative estimate of drug-likeness (QED) is 0.0383. The summed E-state index contributed by atoms with van der Waals surface area (Å²) < 4.78 is 63.1. The van der Waals surface area contributed by atoms with Crippen LogP contribution in [0.2, 0.25) is 0 Å². The van der Waals surface area contributed by atoms with Gasteiger partial charge in [0, 0.05) is 12.8 Å². The van der Waals surface area contributed by atoms with E-state index in [4.69, 9.17) is 23.8 Å². The molecule has 7 unspecified atom stereocenters. The van der Waals surface area contributed by atoms with Crippen molar-refractivity contribution in [2.24, 2.45) is 0 Å². The Kier molecular flexibility index (Phi) is 27.7. The molecule has 0 radical (unpaired) electrons. The number of quaternary nitrogens is 3. The van der Waals surface area contributed by atoms with Crippen LogP contribution in [0.4, 0.5) is 0 Å². The van der Waals surface area contributed by atoms with Crippen molar-refractivity contribution in [3.05, 3.63) is 0 Å². The number of carbonyl (C=O) groups is 2. The minimum absolute atomic E-state index is 0. The second-order valence-corrected chi connectivity index (χ2v) is 14.6. The number of aliphatic hydroxyl groups excluding tert-OH is 3. The molecule has 1 saturated carbocycles. The fourth-order valence-electron chi connectivity index (χ4n) is 4.56. The Hall–Kier alpha value is -0.970. The fourth-order valence-corrected chi connectivity index (χ4v) is 6.62. The van der Waals surface area contributed by atoms with E-state index in [1.54, 1.807) is 0 Å². The van der Waals surface area contributed by atoms with E-state index < -0.39 is 91.3 Å². The number of esters is 2. The van der Waals surface area contributed by atoms with E-state index in [2.05, 4.69) is 13.6 Å². The summed E-state index contributed by atoms with van der Waals surface area (Å²) in [5, 5.41) is 31.2. The van der Waals surface area contributed by atoms with Gasteiger partial charge in [0.1, 0.15) is 43.2 Å². The highest BCUT2D eigenvalue weighted by molar-refractivity contribution is 7.46. The van der Waals surface area contributed by atoms with Crippen LogP contribution in [0, 0.1) is 0 Å². The molecule has 1 rings (SSSR count). The first-order valence-electron chi connectivity index (χ1n) is 15.3. The minimum atomic E-state index is -5.86. The molecule has 0 aromatic carbocycles. The number of aliphatic hydroxyl groups is 3. The summed E-state index contributed by atoms with van der Waals surface area (Å²) >= 11 is 0. The Bertz CT molecular complexity index is 1100. The monoisotopic (exact) mass is 797 g/mol. The number of rotatable bonds is 24. The third kappa shape index (κ3) is 22.2. The molecule has 1 aliphatic rings. The fraction of sp³-hybridized carbons (Fsp3) is 0.920. The highest BCUT2D eigenvalue weighted by Gasteiger charge is 2.54. The molecule has 10 atom stereocenters. The zero-order chi connectivity index (χ0) is 35.8. The van der Waals surface area contributed by atoms with E-state index in [1.165, 1.54) is 0 Å². The SMILES string of the molecule is CCCCCCCC(=O)OC[C@H](COP(=O)([O-])O[C@H]1C(O)C(O)C(OP(=O)([O-])O)[C@@H](OP(=O)([O-])O)C1O)OC(=O)CCCCCCC.[NH4+].[NH4+].[NH4+]. The van der Waals surface area contributed by atoms with E-state index >= 15 is 0 Å². The van der Waals surface area contributed by atoms with Gasteiger partial charge in [-0.25, -0.2) is 0 Å². The maximum atomic E-state index is 12.7. The zero-order valence-corrected chi connectivity index (χ0v) is 31.9. The molecule has 0 bridgehead atoms. The highest BCUT2D eigenvalue weighted by Crippen LogP contribution is 2.47. The van der Waals surface area contributed by atoms with Crippen LogP contribution in [0.3, 0.4) is 0 Å². The Labute approximate surface area is 291 Å². The molecule has 1 fully saturated rings. The van der Waals surface area contributed by atoms with Crippen LogP contribution in [0.25, 0.3) is 0 Å². The van der Waals surface area contributed by atoms with Crippen molar-refractivity contribution in [1.29, 1.82) is 0 Å². The van der Waals surface area contributed by atoms with E-state index in [-0.39, 0.29) is 31.3 Å². The molecule has 0 aromatic heterocycles. The van der Waals surface area contributed by atoms with Gasteiger partial charge in [-0.1, -0.05) is 65.2 Å². The van der Waals surface area contributed by atoms with Crippen LogP contribution in [-0.2, 0) is 50.9 Å². The molecular formula is C25H58N3O19P3. The molecule has 0 heterocycles. The van der Waals surface area contributed by atoms with Gasteiger partial charge in [-0.15, -0.1) is 0 Å². The topological polar surface area (TPSA) is 421 Å². The zero-order valence-electron chi connectivity index (χ0n) is 29.2. The summed E-state index contributed by atoms with van der Waals surface area (Å²) in [5.41, 5.74) is 0. The van der Waals surface area contributed by atoms with Gasteiger partial charge in [-0.2, -0.15) is 0 Å². The Morgan fingerprint density at radius 2 is 1.04 bits per heavy atom. The van der Waals surface area contributed by atoms with Gasteiger partial charge in [0.05, 0.1) is 6.61 Å². The smallest absolute Gasteiger partial charge is 0.306 e. The summed E-state index contributed by atoms with van der Waals surface area (Å²) in [5.74, 6) is -1.38. The van der Waals surface area contributed by atoms with Crippen LogP contribution in [0.15, 0.2) is 0 Å². The first kappa shape index (κ1) is 53.4. The van der Waals surface area contributed by atoms with Gasteiger partial charge in [-0.3, -0.25) is 23.3 Å². The molecule has 0 spiro atoms. The van der Waals surface area contributed by atoms with E-state index in [9.17, 15) is 53.3 Å². The lowest BCUT2D eigenvalue weighted by Crippen LogP contribution is -2.65. The maximum absolute atomic E-state index is 12.7. The number of hydrogen-bond acceptors (Lipinski definition) is 17. The predicted molar refractivity (Wildman–Crippen MR) is 171 cm³/mol. The van der Waals surface area contributed by atoms with Crippen LogP contribution >= 0.6 is 23.5 Å². The lowest BCUT2D eigenvalue weighted by molar-refractivity contribution is -0.280. The molecule has 0 aromatic rings. The van der Waals surface area contributed by atoms with Gasteiger partial charge in [-0.05, 0) is 12.8 Å². The summed E-state index contributed by atoms with van der Waals surface area (Å²) in [6.07, 6.45) is -8.69. The highest BCUT2D eigenvalue weighted by atomic mass is 31.2. The van der Waals surface area contributed by atoms with Crippen molar-refractivity contribution in [3.63, 3.8) is 0 Å². The van der Waals surface area contributed by atoms with Crippen molar-refractivity contribution in [1.82, 2.24) is 18.5 Å². The summed E-state index contributed by atoms with van der Waals surface area (Å²) in [6.45, 7) is 2.45. The molecule has 0 aliphatic heterocycles. The lowest BCUT2D eigenvalue weighted by Gasteiger charge is -2.47. The second-order valence-electron chi connectivity index (χ2n) is 11.0. The number of unbranched alkanes of at least 4 members (excludes halogenated alkanes) is 8. The van der Waals surface area contributed by atoms with Crippen molar-refractivity contribution in [2.45, 2.75) is 134 Å². The van der Waals surface area contributed by atoms with Gasteiger partial charge in [0.2, 0.25) is 0 Å². The van der Waals surface area contributed by atoms with Crippen LogP contribution < -0.4 is 33.1 Å². The van der Waals surface area contributed by atoms with Gasteiger partial charge in [0.15, 0.2) is 6.10 Å². The molecular weight excluding hydrogens is 739 g/mol. The standard InChI is InChI=1S/C25H49O19P3.3H3N/c1-3-5-7-9-11-13-18(26)39-15-17(41-19(27)14-12-10-8-6-4-2)16-40-47(37,38)44-23-20(28)21(29)24(42-45(31,32)33)25(22(23)30)43-46(34,35)36;;;/h17,20-25,28-30H,3-16H2,1-2H3,(H,37,38)(H2,31,32,33)(H2,34,35,36);3*1H3/t17-,20?,21?,22?,23+,24?,25+;;;/m1.../s1. The van der Waals surface area contributed by atoms with Gasteiger partial charge >= 0.3 is 11.9 Å². The molecule has 1 aliphatic carbocycles. The average molecular weight is 798 g/mol. The van der Waals surface area contributed by atoms with E-state index in [0.717, 1.165) is 51.4 Å². The molecule has 0 saturated heterocycles. The van der Waals surface area contributed by atoms with Crippen molar-refractivity contribution in [3.8, 4) is 0 Å². The third-order valence-electron chi connectivity index (χ3n) is 6.90. The summed E-state index contributed by atoms with van der Waals surface area (Å²) in [7, 11) is -17.4. The normalized spacial score (nSPS) is 26.0. The Balaban J connectivity index is -0.00000736. The number of hydrogen-bond donors (Lipinski definition) is 8. The third-order valence-corrected chi connectivity index (χ3v) is 8.88. The number of phosphoric ester groups is 3. The van der Waals surface area contributed by atoms with Crippen molar-refractivity contribution in [2.75, 3.05) is 13.2 Å². The largest absolute Gasteiger partial charge is 0.756 e. The number of ether oxygens (including phenoxy) is 2. The first-order valence-corrected chi connectivity index (χ1v) is 19.7. The predicted octanol–water partition coefficient (Wildman–Crippen LogP) is 0.949. The second kappa shape index (κ2) is 25.9. The molecule has 0 amide bonds. The van der Waals surface area contributed by atoms with Crippen LogP contribution in [0.1, 0.15) is 90.9 Å². The lowest BCUT2D eigenvalue weighted by atomic mass is 9.85. The van der Waals surface area contributed by atoms with Crippen molar-refractivity contribution < 1.29 is 90.6 Å². The van der Waals surface area contributed by atoms with Crippen LogP contribution in [0.5, 0.6) is 0 Å². The molecule has 50 heavy (non-hydrogen) atoms. The van der Waals surface area contributed by atoms with Crippen LogP contribution in [-0.4, -0.2) is 93.0 Å². The summed E-state index contributed by atoms with van der Waals surface area (Å²) in [4.78, 5) is 77.8. The van der Waals surface area contributed by atoms with E-state index in [0.29, 0.717) is 12.8 Å². The van der Waals surface area contributed by atoms with Crippen molar-refractivity contribution >= 4 is 35.4 Å². The Morgan fingerprint density at radius 1 is 0.620 bits per heavy atom. The minimum Gasteiger partial charge on any atom is -0.756 e. The molecule has 302 valence electrons. The molecule has 17 N–H and O–H groups in total. The van der Waals surface area contributed by atoms with E-state index in [1.807, 2.05) is 13.8 Å². The average Bonchev–Trinajstić information content (AvgIpc) is 2.96. The van der Waals surface area contributed by atoms with Gasteiger partial charge in [0.25, 0.3) is 23.5 Å². The number of carbonyl (C=O) groups excluding carboxylic acids is 2. The number of phosphoric acid groups is 3. The molecule has 22 nitrogen and oxygen atoms in total. The van der Waals surface area contributed by atoms with Gasteiger partial charge < -0.3 is 85.8 Å². The first-order chi connectivity index (χ1) is 21.8. The summed E-state index contributed by atoms with van der Waals surface area (Å²) in [6, 6.07) is 0. The Morgan fingerprint density at radius 3 is 1.50 bits per heavy atom. The maximum Gasteiger partial charge on any atom is 0.306 e. The molecule has 25 heteroatoms.